The van der Waals surface area contributed by atoms with Gasteiger partial charge in [-0.3, -0.25) is 0 Å². The monoisotopic (exact) mass is 394 g/mol. The lowest BCUT2D eigenvalue weighted by atomic mass is 10.1. The van der Waals surface area contributed by atoms with Crippen molar-refractivity contribution >= 4 is 10.0 Å². The van der Waals surface area contributed by atoms with E-state index in [1.165, 1.54) is 5.56 Å². The van der Waals surface area contributed by atoms with Crippen LogP contribution in [0.25, 0.3) is 11.1 Å². The molecule has 0 unspecified atom stereocenters. The van der Waals surface area contributed by atoms with Crippen LogP contribution in [0, 0.1) is 0 Å². The fourth-order valence-electron chi connectivity index (χ4n) is 2.98. The zero-order chi connectivity index (χ0) is 20.0. The SMILES string of the molecule is CCN(C)Cc1cccc(CNS(=O)(=O)c2ccc(-c3ccccc3)cc2)c1. The maximum atomic E-state index is 12.6. The third kappa shape index (κ3) is 5.29. The van der Waals surface area contributed by atoms with Crippen molar-refractivity contribution in [2.75, 3.05) is 13.6 Å². The summed E-state index contributed by atoms with van der Waals surface area (Å²) in [4.78, 5) is 2.48. The molecule has 146 valence electrons. The van der Waals surface area contributed by atoms with E-state index in [1.54, 1.807) is 12.1 Å². The number of hydrogen-bond donors (Lipinski definition) is 1. The molecular weight excluding hydrogens is 368 g/mol. The molecule has 28 heavy (non-hydrogen) atoms. The predicted octanol–water partition coefficient (Wildman–Crippen LogP) is 4.28. The van der Waals surface area contributed by atoms with Crippen molar-refractivity contribution in [3.8, 4) is 11.1 Å². The van der Waals surface area contributed by atoms with Gasteiger partial charge < -0.3 is 4.90 Å². The largest absolute Gasteiger partial charge is 0.302 e. The minimum atomic E-state index is -3.56. The molecule has 0 atom stereocenters. The molecule has 0 heterocycles. The molecule has 0 fully saturated rings. The van der Waals surface area contributed by atoms with Crippen molar-refractivity contribution in [2.24, 2.45) is 0 Å². The van der Waals surface area contributed by atoms with Crippen LogP contribution in [0.5, 0.6) is 0 Å². The first-order chi connectivity index (χ1) is 13.5. The first kappa shape index (κ1) is 20.3. The highest BCUT2D eigenvalue weighted by Crippen LogP contribution is 2.21. The molecule has 0 amide bonds. The van der Waals surface area contributed by atoms with Crippen LogP contribution in [-0.2, 0) is 23.1 Å². The number of rotatable bonds is 8. The molecule has 0 aromatic heterocycles. The fourth-order valence-corrected chi connectivity index (χ4v) is 4.00. The molecule has 0 saturated carbocycles. The lowest BCUT2D eigenvalue weighted by Crippen LogP contribution is -2.23. The minimum absolute atomic E-state index is 0.270. The highest BCUT2D eigenvalue weighted by Gasteiger charge is 2.14. The second-order valence-corrected chi connectivity index (χ2v) is 8.63. The average molecular weight is 395 g/mol. The second kappa shape index (κ2) is 9.15. The minimum Gasteiger partial charge on any atom is -0.302 e. The van der Waals surface area contributed by atoms with Gasteiger partial charge in [0.25, 0.3) is 0 Å². The van der Waals surface area contributed by atoms with E-state index < -0.39 is 10.0 Å². The van der Waals surface area contributed by atoms with Gasteiger partial charge in [0.15, 0.2) is 0 Å². The zero-order valence-electron chi connectivity index (χ0n) is 16.3. The highest BCUT2D eigenvalue weighted by molar-refractivity contribution is 7.89. The van der Waals surface area contributed by atoms with Gasteiger partial charge in [-0.2, -0.15) is 0 Å². The number of benzene rings is 3. The molecule has 0 aliphatic rings. The summed E-state index contributed by atoms with van der Waals surface area (Å²) in [6.07, 6.45) is 0. The lowest BCUT2D eigenvalue weighted by molar-refractivity contribution is 0.345. The van der Waals surface area contributed by atoms with Crippen molar-refractivity contribution < 1.29 is 8.42 Å². The highest BCUT2D eigenvalue weighted by atomic mass is 32.2. The summed E-state index contributed by atoms with van der Waals surface area (Å²) in [5, 5.41) is 0. The van der Waals surface area contributed by atoms with Crippen LogP contribution < -0.4 is 4.72 Å². The standard InChI is InChI=1S/C23H26N2O2S/c1-3-25(2)18-20-9-7-8-19(16-20)17-24-28(26,27)23-14-12-22(13-15-23)21-10-5-4-6-11-21/h4-16,24H,3,17-18H2,1-2H3. The van der Waals surface area contributed by atoms with E-state index in [4.69, 9.17) is 0 Å². The van der Waals surface area contributed by atoms with E-state index in [2.05, 4.69) is 29.7 Å². The van der Waals surface area contributed by atoms with Gasteiger partial charge in [-0.25, -0.2) is 13.1 Å². The van der Waals surface area contributed by atoms with Crippen LogP contribution in [0.1, 0.15) is 18.1 Å². The van der Waals surface area contributed by atoms with Crippen molar-refractivity contribution in [3.63, 3.8) is 0 Å². The number of sulfonamides is 1. The first-order valence-electron chi connectivity index (χ1n) is 9.39. The number of nitrogens with one attached hydrogen (secondary N) is 1. The van der Waals surface area contributed by atoms with Gasteiger partial charge in [0.1, 0.15) is 0 Å². The van der Waals surface area contributed by atoms with Gasteiger partial charge in [-0.15, -0.1) is 0 Å². The van der Waals surface area contributed by atoms with E-state index in [0.29, 0.717) is 0 Å². The Labute approximate surface area is 167 Å². The predicted molar refractivity (Wildman–Crippen MR) is 114 cm³/mol. The van der Waals surface area contributed by atoms with E-state index in [0.717, 1.165) is 29.8 Å². The molecule has 0 radical (unpaired) electrons. The Kier molecular flexibility index (Phi) is 6.62. The zero-order valence-corrected chi connectivity index (χ0v) is 17.1. The molecule has 0 saturated heterocycles. The Morgan fingerprint density at radius 1 is 0.821 bits per heavy atom. The summed E-state index contributed by atoms with van der Waals surface area (Å²) < 4.78 is 28.0. The topological polar surface area (TPSA) is 49.4 Å². The number of hydrogen-bond acceptors (Lipinski definition) is 3. The maximum absolute atomic E-state index is 12.6. The van der Waals surface area contributed by atoms with Crippen LogP contribution in [-0.4, -0.2) is 26.9 Å². The van der Waals surface area contributed by atoms with E-state index in [1.807, 2.05) is 60.7 Å². The van der Waals surface area contributed by atoms with E-state index in [-0.39, 0.29) is 11.4 Å². The Morgan fingerprint density at radius 2 is 1.46 bits per heavy atom. The molecular formula is C23H26N2O2S. The normalized spacial score (nSPS) is 11.7. The van der Waals surface area contributed by atoms with Crippen molar-refractivity contribution in [1.82, 2.24) is 9.62 Å². The van der Waals surface area contributed by atoms with Crippen LogP contribution in [0.2, 0.25) is 0 Å². The molecule has 3 aromatic rings. The van der Waals surface area contributed by atoms with Crippen LogP contribution in [0.15, 0.2) is 83.8 Å². The average Bonchev–Trinajstić information content (AvgIpc) is 2.73. The molecule has 0 bridgehead atoms. The molecule has 4 nitrogen and oxygen atoms in total. The van der Waals surface area contributed by atoms with Gasteiger partial charge in [-0.1, -0.05) is 73.7 Å². The van der Waals surface area contributed by atoms with Gasteiger partial charge in [0.05, 0.1) is 4.90 Å². The Bertz CT molecular complexity index is 1000. The third-order valence-corrected chi connectivity index (χ3v) is 6.14. The summed E-state index contributed by atoms with van der Waals surface area (Å²) in [5.74, 6) is 0. The molecule has 0 spiro atoms. The molecule has 5 heteroatoms. The lowest BCUT2D eigenvalue weighted by Gasteiger charge is -2.14. The summed E-state index contributed by atoms with van der Waals surface area (Å²) in [7, 11) is -1.49. The van der Waals surface area contributed by atoms with Gasteiger partial charge >= 0.3 is 0 Å². The van der Waals surface area contributed by atoms with Crippen molar-refractivity contribution in [3.05, 3.63) is 90.0 Å². The molecule has 1 N–H and O–H groups in total. The summed E-state index contributed by atoms with van der Waals surface area (Å²) >= 11 is 0. The van der Waals surface area contributed by atoms with Gasteiger partial charge in [0.2, 0.25) is 10.0 Å². The molecule has 3 aromatic carbocycles. The quantitative estimate of drug-likeness (QED) is 0.620. The van der Waals surface area contributed by atoms with Gasteiger partial charge in [-0.05, 0) is 48.0 Å². The van der Waals surface area contributed by atoms with Crippen LogP contribution in [0.3, 0.4) is 0 Å². The van der Waals surface area contributed by atoms with Crippen LogP contribution >= 0.6 is 0 Å². The molecule has 3 rings (SSSR count). The van der Waals surface area contributed by atoms with E-state index >= 15 is 0 Å². The van der Waals surface area contributed by atoms with Crippen molar-refractivity contribution in [2.45, 2.75) is 24.9 Å². The van der Waals surface area contributed by atoms with Crippen molar-refractivity contribution in [1.29, 1.82) is 0 Å². The Balaban J connectivity index is 1.68. The van der Waals surface area contributed by atoms with Crippen LogP contribution in [0.4, 0.5) is 0 Å². The van der Waals surface area contributed by atoms with E-state index in [9.17, 15) is 8.42 Å². The summed E-state index contributed by atoms with van der Waals surface area (Å²) in [5.41, 5.74) is 4.18. The summed E-state index contributed by atoms with van der Waals surface area (Å²) in [6.45, 7) is 4.20. The second-order valence-electron chi connectivity index (χ2n) is 6.87. The third-order valence-electron chi connectivity index (χ3n) is 4.72. The Morgan fingerprint density at radius 3 is 2.14 bits per heavy atom. The smallest absolute Gasteiger partial charge is 0.240 e. The fraction of sp³-hybridized carbons (Fsp3) is 0.217. The molecule has 0 aliphatic carbocycles. The van der Waals surface area contributed by atoms with Gasteiger partial charge in [0, 0.05) is 13.1 Å². The molecule has 0 aliphatic heterocycles. The Hall–Kier alpha value is -2.47. The summed E-state index contributed by atoms with van der Waals surface area (Å²) in [6, 6.07) is 24.9. The number of nitrogens with zero attached hydrogens (tertiary/aromatic N) is 1. The first-order valence-corrected chi connectivity index (χ1v) is 10.9. The maximum Gasteiger partial charge on any atom is 0.240 e.